The van der Waals surface area contributed by atoms with Gasteiger partial charge in [-0.15, -0.1) is 0 Å². The molecule has 1 atom stereocenters. The Hall–Kier alpha value is -2.62. The van der Waals surface area contributed by atoms with E-state index in [1.54, 1.807) is 23.9 Å². The molecule has 0 saturated heterocycles. The van der Waals surface area contributed by atoms with Gasteiger partial charge in [0.1, 0.15) is 11.6 Å². The molecule has 0 fully saturated rings. The van der Waals surface area contributed by atoms with E-state index in [1.165, 1.54) is 0 Å². The predicted molar refractivity (Wildman–Crippen MR) is 128 cm³/mol. The van der Waals surface area contributed by atoms with Crippen LogP contribution in [0.4, 0.5) is 5.69 Å². The number of carbonyl (C=O) groups is 1. The summed E-state index contributed by atoms with van der Waals surface area (Å²) in [5, 5.41) is 11.5. The van der Waals surface area contributed by atoms with Crippen LogP contribution < -0.4 is 10.6 Å². The third-order valence-corrected chi connectivity index (χ3v) is 6.99. The Morgan fingerprint density at radius 1 is 1.34 bits per heavy atom. The zero-order valence-corrected chi connectivity index (χ0v) is 20.2. The van der Waals surface area contributed by atoms with Crippen molar-refractivity contribution in [1.29, 1.82) is 5.26 Å². The van der Waals surface area contributed by atoms with Gasteiger partial charge < -0.3 is 10.2 Å². The molecule has 5 nitrogen and oxygen atoms in total. The predicted octanol–water partition coefficient (Wildman–Crippen LogP) is 6.29. The number of Topliss-reactive ketones (excluding diaryl/α,β-unsaturated/α-hetero) is 1. The van der Waals surface area contributed by atoms with Crippen molar-refractivity contribution in [1.82, 2.24) is 0 Å². The van der Waals surface area contributed by atoms with Crippen LogP contribution in [0.3, 0.4) is 0 Å². The molecule has 2 aromatic rings. The molecule has 1 aliphatic carbocycles. The average Bonchev–Trinajstić information content (AvgIpc) is 3.06. The lowest BCUT2D eigenvalue weighted by molar-refractivity contribution is -0.118. The molecule has 2 aliphatic rings. The van der Waals surface area contributed by atoms with E-state index < -0.39 is 5.92 Å². The number of hydrogen-bond acceptors (Lipinski definition) is 6. The summed E-state index contributed by atoms with van der Waals surface area (Å²) >= 11 is 7.84. The fourth-order valence-electron chi connectivity index (χ4n) is 4.69. The number of aryl methyl sites for hydroxylation is 1. The van der Waals surface area contributed by atoms with E-state index in [4.69, 9.17) is 21.8 Å². The van der Waals surface area contributed by atoms with Crippen molar-refractivity contribution in [2.75, 3.05) is 10.7 Å². The average molecular weight is 468 g/mol. The van der Waals surface area contributed by atoms with Gasteiger partial charge in [-0.05, 0) is 48.8 Å². The second-order valence-electron chi connectivity index (χ2n) is 8.99. The lowest BCUT2D eigenvalue weighted by Crippen LogP contribution is -2.42. The summed E-state index contributed by atoms with van der Waals surface area (Å²) in [5.74, 6) is 1.39. The van der Waals surface area contributed by atoms with E-state index in [2.05, 4.69) is 19.9 Å². The first-order chi connectivity index (χ1) is 15.2. The van der Waals surface area contributed by atoms with Crippen LogP contribution in [0.5, 0.6) is 0 Å². The second kappa shape index (κ2) is 8.38. The number of anilines is 1. The maximum atomic E-state index is 13.6. The molecular weight excluding hydrogens is 442 g/mol. The fourth-order valence-corrected chi connectivity index (χ4v) is 5.67. The highest BCUT2D eigenvalue weighted by Crippen LogP contribution is 2.52. The van der Waals surface area contributed by atoms with Crippen molar-refractivity contribution in [3.63, 3.8) is 0 Å². The van der Waals surface area contributed by atoms with E-state index in [-0.39, 0.29) is 11.2 Å². The summed E-state index contributed by atoms with van der Waals surface area (Å²) in [6, 6.07) is 11.6. The summed E-state index contributed by atoms with van der Waals surface area (Å²) < 4.78 is 5.94. The third kappa shape index (κ3) is 3.85. The molecule has 0 bridgehead atoms. The first kappa shape index (κ1) is 22.6. The molecule has 1 unspecified atom stereocenters. The molecule has 0 amide bonds. The molecule has 1 aromatic heterocycles. The van der Waals surface area contributed by atoms with Gasteiger partial charge in [-0.2, -0.15) is 5.26 Å². The van der Waals surface area contributed by atoms with Crippen molar-refractivity contribution in [2.24, 2.45) is 11.1 Å². The summed E-state index contributed by atoms with van der Waals surface area (Å²) in [6.07, 6.45) is 1.07. The quantitative estimate of drug-likeness (QED) is 0.531. The Kier molecular flexibility index (Phi) is 5.91. The van der Waals surface area contributed by atoms with Gasteiger partial charge in [0.2, 0.25) is 0 Å². The highest BCUT2D eigenvalue weighted by Gasteiger charge is 2.45. The normalized spacial score (nSPS) is 20.4. The zero-order chi connectivity index (χ0) is 23.2. The minimum Gasteiger partial charge on any atom is -0.455 e. The number of benzene rings is 1. The fraction of sp³-hybridized carbons (Fsp3) is 0.360. The lowest BCUT2D eigenvalue weighted by Gasteiger charge is -2.43. The van der Waals surface area contributed by atoms with Gasteiger partial charge in [0.25, 0.3) is 0 Å². The number of nitriles is 1. The Morgan fingerprint density at radius 3 is 2.75 bits per heavy atom. The highest BCUT2D eigenvalue weighted by atomic mass is 35.5. The maximum absolute atomic E-state index is 13.6. The van der Waals surface area contributed by atoms with Gasteiger partial charge >= 0.3 is 0 Å². The molecule has 0 saturated carbocycles. The standard InChI is InChI=1S/C25H26ClN3O2S/c1-5-32-24-17(9-14(2)31-24)21-18(13-27)23(28)29(16-8-6-7-15(26)10-16)19-11-25(3,4)12-20(30)22(19)21/h6-10,21H,5,11-12,28H2,1-4H3. The number of ketones is 1. The molecular formula is C25H26ClN3O2S. The number of thioether (sulfide) groups is 1. The molecule has 0 radical (unpaired) electrons. The summed E-state index contributed by atoms with van der Waals surface area (Å²) in [7, 11) is 0. The van der Waals surface area contributed by atoms with Crippen LogP contribution in [0.1, 0.15) is 50.9 Å². The second-order valence-corrected chi connectivity index (χ2v) is 10.7. The SMILES string of the molecule is CCSc1oc(C)cc1C1C(C#N)=C(N)N(c2cccc(Cl)c2)C2=C1C(=O)CC(C)(C)C2. The topological polar surface area (TPSA) is 83.3 Å². The Labute approximate surface area is 197 Å². The van der Waals surface area contributed by atoms with E-state index >= 15 is 0 Å². The van der Waals surface area contributed by atoms with Crippen molar-refractivity contribution >= 4 is 34.8 Å². The Morgan fingerprint density at radius 2 is 2.09 bits per heavy atom. The third-order valence-electron chi connectivity index (χ3n) is 5.88. The number of halogens is 1. The summed E-state index contributed by atoms with van der Waals surface area (Å²) in [4.78, 5) is 15.4. The van der Waals surface area contributed by atoms with E-state index in [0.717, 1.165) is 33.6 Å². The van der Waals surface area contributed by atoms with Gasteiger partial charge in [-0.25, -0.2) is 0 Å². The molecule has 0 spiro atoms. The Bertz CT molecular complexity index is 1200. The van der Waals surface area contributed by atoms with Crippen molar-refractivity contribution in [3.8, 4) is 6.07 Å². The Balaban J connectivity index is 2.01. The minimum absolute atomic E-state index is 0.0415. The van der Waals surface area contributed by atoms with Gasteiger partial charge in [0, 0.05) is 34.0 Å². The lowest BCUT2D eigenvalue weighted by atomic mass is 9.69. The number of hydrogen-bond donors (Lipinski definition) is 1. The smallest absolute Gasteiger partial charge is 0.164 e. The van der Waals surface area contributed by atoms with Crippen LogP contribution in [-0.4, -0.2) is 11.5 Å². The maximum Gasteiger partial charge on any atom is 0.164 e. The number of furan rings is 1. The van der Waals surface area contributed by atoms with Crippen molar-refractivity contribution < 1.29 is 9.21 Å². The first-order valence-electron chi connectivity index (χ1n) is 10.6. The van der Waals surface area contributed by atoms with Crippen LogP contribution in [0.25, 0.3) is 0 Å². The number of carbonyl (C=O) groups excluding carboxylic acids is 1. The molecule has 4 rings (SSSR count). The van der Waals surface area contributed by atoms with Gasteiger partial charge in [0.05, 0.1) is 17.6 Å². The van der Waals surface area contributed by atoms with Gasteiger partial charge in [-0.1, -0.05) is 50.2 Å². The molecule has 2 heterocycles. The van der Waals surface area contributed by atoms with E-state index in [0.29, 0.717) is 34.8 Å². The van der Waals surface area contributed by atoms with Crippen LogP contribution in [-0.2, 0) is 4.79 Å². The van der Waals surface area contributed by atoms with E-state index in [9.17, 15) is 10.1 Å². The summed E-state index contributed by atoms with van der Waals surface area (Å²) in [6.45, 7) is 8.09. The van der Waals surface area contributed by atoms with Crippen LogP contribution >= 0.6 is 23.4 Å². The van der Waals surface area contributed by atoms with Crippen LogP contribution in [0.15, 0.2) is 62.5 Å². The number of nitrogens with two attached hydrogens (primary N) is 1. The molecule has 166 valence electrons. The number of rotatable bonds is 4. The first-order valence-corrected chi connectivity index (χ1v) is 12.0. The summed E-state index contributed by atoms with van der Waals surface area (Å²) in [5.41, 5.74) is 9.84. The highest BCUT2D eigenvalue weighted by molar-refractivity contribution is 7.99. The molecule has 7 heteroatoms. The van der Waals surface area contributed by atoms with Crippen LogP contribution in [0.2, 0.25) is 5.02 Å². The molecule has 32 heavy (non-hydrogen) atoms. The zero-order valence-electron chi connectivity index (χ0n) is 18.7. The van der Waals surface area contributed by atoms with Crippen molar-refractivity contribution in [2.45, 2.75) is 51.5 Å². The van der Waals surface area contributed by atoms with Crippen LogP contribution in [0, 0.1) is 23.7 Å². The largest absolute Gasteiger partial charge is 0.455 e. The van der Waals surface area contributed by atoms with Crippen molar-refractivity contribution in [3.05, 3.63) is 69.3 Å². The van der Waals surface area contributed by atoms with Gasteiger partial charge in [-0.3, -0.25) is 9.69 Å². The molecule has 1 aromatic carbocycles. The van der Waals surface area contributed by atoms with Gasteiger partial charge in [0.15, 0.2) is 10.9 Å². The van der Waals surface area contributed by atoms with E-state index in [1.807, 2.05) is 36.9 Å². The minimum atomic E-state index is -0.541. The number of allylic oxidation sites excluding steroid dienone is 3. The number of nitrogens with zero attached hydrogens (tertiary/aromatic N) is 2. The molecule has 1 aliphatic heterocycles. The molecule has 2 N–H and O–H groups in total. The monoisotopic (exact) mass is 467 g/mol.